The normalized spacial score (nSPS) is 5.75. The molecule has 0 aliphatic heterocycles. The molecule has 8 heavy (non-hydrogen) atoms. The van der Waals surface area contributed by atoms with Gasteiger partial charge in [-0.25, -0.2) is 0 Å². The molecule has 0 aromatic rings. The van der Waals surface area contributed by atoms with Crippen molar-refractivity contribution in [1.82, 2.24) is 5.32 Å². The number of hydrogen-bond donors (Lipinski definition) is 1. The summed E-state index contributed by atoms with van der Waals surface area (Å²) < 4.78 is 0. The van der Waals surface area contributed by atoms with Gasteiger partial charge in [0.15, 0.2) is 0 Å². The van der Waals surface area contributed by atoms with Gasteiger partial charge in [-0.15, -0.1) is 12.4 Å². The molecule has 0 unspecified atom stereocenters. The van der Waals surface area contributed by atoms with E-state index in [2.05, 4.69) is 5.32 Å². The Morgan fingerprint density at radius 1 is 1.75 bits per heavy atom. The monoisotopic (exact) mass is 131 g/mol. The molecule has 0 aromatic heterocycles. The summed E-state index contributed by atoms with van der Waals surface area (Å²) in [6, 6.07) is 0. The van der Waals surface area contributed by atoms with Gasteiger partial charge >= 0.3 is 18.9 Å². The standard InChI is InChI=1S/C4H9NO.ClH.Li.H/c1-3-4(6)5-2;;;/h3H2,1-2H3,(H,5,6);1H;;/q;;+1;-1. The minimum Gasteiger partial charge on any atom is -1.00 e. The van der Waals surface area contributed by atoms with Gasteiger partial charge < -0.3 is 6.74 Å². The molecule has 0 aromatic carbocycles. The van der Waals surface area contributed by atoms with Gasteiger partial charge in [-0.3, -0.25) is 4.79 Å². The van der Waals surface area contributed by atoms with Crippen molar-refractivity contribution in [3.8, 4) is 0 Å². The summed E-state index contributed by atoms with van der Waals surface area (Å²) in [5.74, 6) is 0.0926. The first-order chi connectivity index (χ1) is 2.81. The quantitative estimate of drug-likeness (QED) is 0.398. The summed E-state index contributed by atoms with van der Waals surface area (Å²) in [5, 5.41) is 2.48. The van der Waals surface area contributed by atoms with Gasteiger partial charge in [-0.1, -0.05) is 6.92 Å². The molecule has 0 radical (unpaired) electrons. The fourth-order valence-electron chi connectivity index (χ4n) is 0.177. The van der Waals surface area contributed by atoms with Gasteiger partial charge in [0.25, 0.3) is 0 Å². The van der Waals surface area contributed by atoms with Gasteiger partial charge in [-0.2, -0.15) is 0 Å². The van der Waals surface area contributed by atoms with Crippen LogP contribution >= 0.6 is 12.4 Å². The first-order valence-corrected chi connectivity index (χ1v) is 2.01. The van der Waals surface area contributed by atoms with Crippen LogP contribution in [0.25, 0.3) is 0 Å². The van der Waals surface area contributed by atoms with Crippen molar-refractivity contribution in [3.05, 3.63) is 0 Å². The molecule has 0 heterocycles. The van der Waals surface area contributed by atoms with E-state index in [1.165, 1.54) is 0 Å². The molecule has 4 heteroatoms. The second-order valence-corrected chi connectivity index (χ2v) is 1.03. The van der Waals surface area contributed by atoms with E-state index in [4.69, 9.17) is 0 Å². The maximum absolute atomic E-state index is 10.1. The summed E-state index contributed by atoms with van der Waals surface area (Å²) in [6.45, 7) is 1.82. The van der Waals surface area contributed by atoms with Gasteiger partial charge in [0.2, 0.25) is 5.91 Å². The van der Waals surface area contributed by atoms with Crippen molar-refractivity contribution in [1.29, 1.82) is 0 Å². The van der Waals surface area contributed by atoms with Gasteiger partial charge in [0.05, 0.1) is 0 Å². The predicted molar refractivity (Wildman–Crippen MR) is 32.7 cm³/mol. The molecule has 0 aliphatic carbocycles. The number of carbonyl (C=O) groups excluding carboxylic acids is 1. The summed E-state index contributed by atoms with van der Waals surface area (Å²) in [4.78, 5) is 10.1. The maximum Gasteiger partial charge on any atom is 1.00 e. The molecule has 0 rings (SSSR count). The average molecular weight is 132 g/mol. The van der Waals surface area contributed by atoms with Crippen LogP contribution in [-0.4, -0.2) is 13.0 Å². The molecular formula is C4H11ClLiNO. The van der Waals surface area contributed by atoms with Crippen LogP contribution in [0.1, 0.15) is 14.8 Å². The van der Waals surface area contributed by atoms with Crippen LogP contribution in [0.5, 0.6) is 0 Å². The Morgan fingerprint density at radius 3 is 2.12 bits per heavy atom. The van der Waals surface area contributed by atoms with Crippen molar-refractivity contribution in [2.75, 3.05) is 7.05 Å². The van der Waals surface area contributed by atoms with Crippen LogP contribution in [0.2, 0.25) is 0 Å². The van der Waals surface area contributed by atoms with Crippen LogP contribution in [0.3, 0.4) is 0 Å². The topological polar surface area (TPSA) is 29.1 Å². The number of nitrogens with one attached hydrogen (secondary N) is 1. The summed E-state index contributed by atoms with van der Waals surface area (Å²) in [6.07, 6.45) is 0.580. The van der Waals surface area contributed by atoms with Gasteiger partial charge in [0, 0.05) is 13.5 Å². The van der Waals surface area contributed by atoms with E-state index in [0.717, 1.165) is 0 Å². The number of amides is 1. The predicted octanol–water partition coefficient (Wildman–Crippen LogP) is -2.32. The van der Waals surface area contributed by atoms with E-state index in [1.54, 1.807) is 7.05 Å². The van der Waals surface area contributed by atoms with Crippen molar-refractivity contribution < 1.29 is 25.1 Å². The molecule has 0 bridgehead atoms. The molecule has 46 valence electrons. The van der Waals surface area contributed by atoms with E-state index in [0.29, 0.717) is 6.42 Å². The van der Waals surface area contributed by atoms with Crippen LogP contribution in [0.15, 0.2) is 0 Å². The summed E-state index contributed by atoms with van der Waals surface area (Å²) in [7, 11) is 1.63. The van der Waals surface area contributed by atoms with Gasteiger partial charge in [0.1, 0.15) is 0 Å². The molecular weight excluding hydrogens is 120 g/mol. The molecule has 0 aliphatic rings. The summed E-state index contributed by atoms with van der Waals surface area (Å²) >= 11 is 0. The van der Waals surface area contributed by atoms with Gasteiger partial charge in [-0.05, 0) is 0 Å². The number of rotatable bonds is 1. The minimum absolute atomic E-state index is 0. The molecule has 2 nitrogen and oxygen atoms in total. The van der Waals surface area contributed by atoms with Crippen LogP contribution in [0.4, 0.5) is 0 Å². The van der Waals surface area contributed by atoms with E-state index in [9.17, 15) is 4.79 Å². The zero-order valence-electron chi connectivity index (χ0n) is 6.52. The van der Waals surface area contributed by atoms with Crippen LogP contribution in [0, 0.1) is 0 Å². The van der Waals surface area contributed by atoms with E-state index in [1.807, 2.05) is 6.92 Å². The number of carbonyl (C=O) groups is 1. The second-order valence-electron chi connectivity index (χ2n) is 1.03. The molecule has 1 amide bonds. The summed E-state index contributed by atoms with van der Waals surface area (Å²) in [5.41, 5.74) is 0. The maximum atomic E-state index is 10.1. The van der Waals surface area contributed by atoms with Crippen molar-refractivity contribution in [2.24, 2.45) is 0 Å². The zero-order valence-corrected chi connectivity index (χ0v) is 6.34. The number of halogens is 1. The third-order valence-corrected chi connectivity index (χ3v) is 0.600. The fourth-order valence-corrected chi connectivity index (χ4v) is 0.177. The minimum atomic E-state index is 0. The zero-order chi connectivity index (χ0) is 4.99. The van der Waals surface area contributed by atoms with E-state index < -0.39 is 0 Å². The average Bonchev–Trinajstić information content (AvgIpc) is 1.65. The van der Waals surface area contributed by atoms with E-state index in [-0.39, 0.29) is 38.6 Å². The molecule has 0 atom stereocenters. The molecule has 0 saturated heterocycles. The number of hydrogen-bond acceptors (Lipinski definition) is 1. The van der Waals surface area contributed by atoms with Crippen LogP contribution in [-0.2, 0) is 4.79 Å². The second kappa shape index (κ2) is 10.4. The molecule has 1 N–H and O–H groups in total. The fraction of sp³-hybridized carbons (Fsp3) is 0.750. The SMILES string of the molecule is CCC(=O)NC.Cl.[H-].[Li+]. The molecule has 0 saturated carbocycles. The Labute approximate surface area is 69.5 Å². The Bertz CT molecular complexity index is 58.5. The molecule has 0 spiro atoms. The van der Waals surface area contributed by atoms with Crippen LogP contribution < -0.4 is 24.2 Å². The van der Waals surface area contributed by atoms with Crippen molar-refractivity contribution in [3.63, 3.8) is 0 Å². The Kier molecular flexibility index (Phi) is 20.4. The Hall–Kier alpha value is 0.357. The molecule has 0 fully saturated rings. The third kappa shape index (κ3) is 9.61. The van der Waals surface area contributed by atoms with E-state index >= 15 is 0 Å². The third-order valence-electron chi connectivity index (χ3n) is 0.600. The first kappa shape index (κ1) is 15.8. The van der Waals surface area contributed by atoms with Crippen molar-refractivity contribution in [2.45, 2.75) is 13.3 Å². The Morgan fingerprint density at radius 2 is 2.12 bits per heavy atom. The largest absolute Gasteiger partial charge is 1.00 e. The van der Waals surface area contributed by atoms with Crippen molar-refractivity contribution >= 4 is 18.3 Å². The first-order valence-electron chi connectivity index (χ1n) is 2.01. The smallest absolute Gasteiger partial charge is 1.00 e. The Balaban J connectivity index is -0.0000000417.